The summed E-state index contributed by atoms with van der Waals surface area (Å²) in [5.74, 6) is 0.105. The quantitative estimate of drug-likeness (QED) is 0.590. The molecule has 1 aromatic heterocycles. The maximum atomic E-state index is 11.0. The number of nitrogens with zero attached hydrogens (tertiary/aromatic N) is 2. The van der Waals surface area contributed by atoms with E-state index in [1.165, 1.54) is 0 Å². The molecule has 1 amide bonds. The van der Waals surface area contributed by atoms with Crippen LogP contribution in [0.5, 0.6) is 0 Å². The van der Waals surface area contributed by atoms with Crippen molar-refractivity contribution >= 4 is 5.91 Å². The third kappa shape index (κ3) is 2.80. The Morgan fingerprint density at radius 2 is 2.56 bits per heavy atom. The zero-order chi connectivity index (χ0) is 11.4. The zero-order valence-electron chi connectivity index (χ0n) is 9.02. The first-order valence-electron chi connectivity index (χ1n) is 5.40. The van der Waals surface area contributed by atoms with Gasteiger partial charge in [-0.25, -0.2) is 0 Å². The topological polar surface area (TPSA) is 79.2 Å². The Labute approximate surface area is 93.6 Å². The minimum Gasteiger partial charge on any atom is -0.394 e. The first kappa shape index (κ1) is 11.1. The van der Waals surface area contributed by atoms with Gasteiger partial charge in [-0.3, -0.25) is 9.48 Å². The van der Waals surface area contributed by atoms with E-state index in [9.17, 15) is 4.79 Å². The normalized spacial score (nSPS) is 20.1. The summed E-state index contributed by atoms with van der Waals surface area (Å²) in [6.07, 6.45) is 4.21. The Bertz CT molecular complexity index is 363. The molecule has 3 N–H and O–H groups in total. The van der Waals surface area contributed by atoms with E-state index in [1.54, 1.807) is 10.9 Å². The Balaban J connectivity index is 1.78. The van der Waals surface area contributed by atoms with Crippen LogP contribution in [0.15, 0.2) is 12.4 Å². The monoisotopic (exact) mass is 224 g/mol. The van der Waals surface area contributed by atoms with Crippen molar-refractivity contribution in [2.45, 2.75) is 25.6 Å². The summed E-state index contributed by atoms with van der Waals surface area (Å²) >= 11 is 0. The molecule has 6 nitrogen and oxygen atoms in total. The largest absolute Gasteiger partial charge is 0.394 e. The Morgan fingerprint density at radius 1 is 1.69 bits per heavy atom. The lowest BCUT2D eigenvalue weighted by Crippen LogP contribution is -2.30. The number of aromatic nitrogens is 2. The summed E-state index contributed by atoms with van der Waals surface area (Å²) in [6, 6.07) is 0.216. The highest BCUT2D eigenvalue weighted by Crippen LogP contribution is 2.02. The standard InChI is InChI=1S/C10H16N4O2/c15-2-1-14-7-8(5-13-14)4-11-9-3-10(16)12-6-9/h5,7,9,11,15H,1-4,6H2,(H,12,16). The molecule has 1 fully saturated rings. The van der Waals surface area contributed by atoms with Gasteiger partial charge in [0.05, 0.1) is 19.3 Å². The minimum atomic E-state index is 0.0929. The molecule has 2 heterocycles. The minimum absolute atomic E-state index is 0.0929. The molecule has 0 spiro atoms. The molecule has 2 rings (SSSR count). The Kier molecular flexibility index (Phi) is 3.53. The lowest BCUT2D eigenvalue weighted by molar-refractivity contribution is -0.119. The second kappa shape index (κ2) is 5.09. The van der Waals surface area contributed by atoms with Gasteiger partial charge in [0.15, 0.2) is 0 Å². The Morgan fingerprint density at radius 3 is 3.25 bits per heavy atom. The van der Waals surface area contributed by atoms with E-state index in [0.717, 1.165) is 5.56 Å². The van der Waals surface area contributed by atoms with Crippen LogP contribution in [-0.4, -0.2) is 40.0 Å². The molecule has 1 aliphatic heterocycles. The number of amides is 1. The maximum Gasteiger partial charge on any atom is 0.221 e. The smallest absolute Gasteiger partial charge is 0.221 e. The van der Waals surface area contributed by atoms with Gasteiger partial charge >= 0.3 is 0 Å². The number of rotatable bonds is 5. The number of carbonyl (C=O) groups excluding carboxylic acids is 1. The summed E-state index contributed by atoms with van der Waals surface area (Å²) < 4.78 is 1.70. The van der Waals surface area contributed by atoms with Gasteiger partial charge in [0, 0.05) is 37.3 Å². The van der Waals surface area contributed by atoms with Gasteiger partial charge in [-0.15, -0.1) is 0 Å². The molecule has 0 radical (unpaired) electrons. The van der Waals surface area contributed by atoms with Crippen molar-refractivity contribution in [3.8, 4) is 0 Å². The highest BCUT2D eigenvalue weighted by Gasteiger charge is 2.20. The predicted molar refractivity (Wildman–Crippen MR) is 57.6 cm³/mol. The molecule has 0 aromatic carbocycles. The van der Waals surface area contributed by atoms with Crippen molar-refractivity contribution in [1.29, 1.82) is 0 Å². The van der Waals surface area contributed by atoms with E-state index in [0.29, 0.717) is 26.1 Å². The van der Waals surface area contributed by atoms with E-state index in [4.69, 9.17) is 5.11 Å². The summed E-state index contributed by atoms with van der Waals surface area (Å²) in [6.45, 7) is 2.01. The SMILES string of the molecule is O=C1CC(NCc2cnn(CCO)c2)CN1. The fourth-order valence-corrected chi connectivity index (χ4v) is 1.73. The average Bonchev–Trinajstić information content (AvgIpc) is 2.85. The predicted octanol–water partition coefficient (Wildman–Crippen LogP) is -1.15. The van der Waals surface area contributed by atoms with Crippen LogP contribution in [0.4, 0.5) is 0 Å². The van der Waals surface area contributed by atoms with Crippen LogP contribution in [0, 0.1) is 0 Å². The lowest BCUT2D eigenvalue weighted by Gasteiger charge is -2.08. The summed E-state index contributed by atoms with van der Waals surface area (Å²) in [5.41, 5.74) is 1.06. The number of hydrogen-bond donors (Lipinski definition) is 3. The first-order valence-corrected chi connectivity index (χ1v) is 5.40. The average molecular weight is 224 g/mol. The third-order valence-electron chi connectivity index (χ3n) is 2.59. The van der Waals surface area contributed by atoms with Crippen molar-refractivity contribution in [3.63, 3.8) is 0 Å². The molecule has 1 unspecified atom stereocenters. The Hall–Kier alpha value is -1.40. The van der Waals surface area contributed by atoms with E-state index < -0.39 is 0 Å². The second-order valence-electron chi connectivity index (χ2n) is 3.92. The molecule has 16 heavy (non-hydrogen) atoms. The van der Waals surface area contributed by atoms with Crippen LogP contribution >= 0.6 is 0 Å². The van der Waals surface area contributed by atoms with Crippen molar-refractivity contribution in [2.75, 3.05) is 13.2 Å². The van der Waals surface area contributed by atoms with Crippen LogP contribution in [-0.2, 0) is 17.9 Å². The molecule has 1 saturated heterocycles. The lowest BCUT2D eigenvalue weighted by atomic mass is 10.2. The van der Waals surface area contributed by atoms with E-state index in [1.807, 2.05) is 6.20 Å². The molecular weight excluding hydrogens is 208 g/mol. The number of aliphatic hydroxyl groups is 1. The molecule has 1 atom stereocenters. The molecule has 0 bridgehead atoms. The maximum absolute atomic E-state index is 11.0. The molecule has 1 aromatic rings. The second-order valence-corrected chi connectivity index (χ2v) is 3.92. The van der Waals surface area contributed by atoms with Crippen molar-refractivity contribution in [3.05, 3.63) is 18.0 Å². The number of aliphatic hydroxyl groups excluding tert-OH is 1. The molecule has 0 aliphatic carbocycles. The van der Waals surface area contributed by atoms with Crippen molar-refractivity contribution < 1.29 is 9.90 Å². The molecule has 0 saturated carbocycles. The van der Waals surface area contributed by atoms with Gasteiger partial charge in [0.1, 0.15) is 0 Å². The fourth-order valence-electron chi connectivity index (χ4n) is 1.73. The van der Waals surface area contributed by atoms with Gasteiger partial charge < -0.3 is 15.7 Å². The number of carbonyl (C=O) groups is 1. The van der Waals surface area contributed by atoms with E-state index in [2.05, 4.69) is 15.7 Å². The van der Waals surface area contributed by atoms with E-state index in [-0.39, 0.29) is 18.6 Å². The highest BCUT2D eigenvalue weighted by atomic mass is 16.3. The summed E-state index contributed by atoms with van der Waals surface area (Å²) in [4.78, 5) is 11.0. The molecule has 6 heteroatoms. The van der Waals surface area contributed by atoms with Gasteiger partial charge in [0.2, 0.25) is 5.91 Å². The number of hydrogen-bond acceptors (Lipinski definition) is 4. The number of nitrogens with one attached hydrogen (secondary N) is 2. The van der Waals surface area contributed by atoms with Gasteiger partial charge in [-0.2, -0.15) is 5.10 Å². The van der Waals surface area contributed by atoms with Crippen molar-refractivity contribution in [2.24, 2.45) is 0 Å². The van der Waals surface area contributed by atoms with Gasteiger partial charge in [0.25, 0.3) is 0 Å². The zero-order valence-corrected chi connectivity index (χ0v) is 9.02. The van der Waals surface area contributed by atoms with Crippen LogP contribution in [0.3, 0.4) is 0 Å². The van der Waals surface area contributed by atoms with Crippen LogP contribution in [0.2, 0.25) is 0 Å². The highest BCUT2D eigenvalue weighted by molar-refractivity contribution is 5.78. The summed E-state index contributed by atoms with van der Waals surface area (Å²) in [5, 5.41) is 18.9. The van der Waals surface area contributed by atoms with Gasteiger partial charge in [-0.1, -0.05) is 0 Å². The molecular formula is C10H16N4O2. The fraction of sp³-hybridized carbons (Fsp3) is 0.600. The third-order valence-corrected chi connectivity index (χ3v) is 2.59. The first-order chi connectivity index (χ1) is 7.78. The van der Waals surface area contributed by atoms with Gasteiger partial charge in [-0.05, 0) is 0 Å². The molecule has 1 aliphatic rings. The van der Waals surface area contributed by atoms with Crippen LogP contribution in [0.25, 0.3) is 0 Å². The summed E-state index contributed by atoms with van der Waals surface area (Å²) in [7, 11) is 0. The van der Waals surface area contributed by atoms with E-state index >= 15 is 0 Å². The van der Waals surface area contributed by atoms with Crippen molar-refractivity contribution in [1.82, 2.24) is 20.4 Å². The van der Waals surface area contributed by atoms with Crippen LogP contribution in [0.1, 0.15) is 12.0 Å². The molecule has 88 valence electrons. The van der Waals surface area contributed by atoms with Crippen LogP contribution < -0.4 is 10.6 Å².